The number of ether oxygens (including phenoxy) is 1. The Morgan fingerprint density at radius 3 is 2.06 bits per heavy atom. The van der Waals surface area contributed by atoms with Crippen molar-refractivity contribution in [2.24, 2.45) is 10.2 Å². The minimum absolute atomic E-state index is 0.128. The Morgan fingerprint density at radius 2 is 1.56 bits per heavy atom. The minimum atomic E-state index is -0.128. The molecule has 1 aliphatic rings. The van der Waals surface area contributed by atoms with E-state index in [1.54, 1.807) is 0 Å². The van der Waals surface area contributed by atoms with Gasteiger partial charge in [-0.05, 0) is 21.3 Å². The summed E-state index contributed by atoms with van der Waals surface area (Å²) in [6.45, 7) is 2.32. The number of rotatable bonds is 3. The van der Waals surface area contributed by atoms with Gasteiger partial charge in [-0.15, -0.1) is 0 Å². The second-order valence-electron chi connectivity index (χ2n) is 3.21. The third-order valence-corrected chi connectivity index (χ3v) is 2.16. The standard InChI is InChI=1S/C7H8N10O/c8-15-13-5-10-6(14-16-9)12-7(11-5)17-1-3-18-4-2-17/h1-4H2. The summed E-state index contributed by atoms with van der Waals surface area (Å²) in [5.41, 5.74) is 16.7. The van der Waals surface area contributed by atoms with E-state index in [1.807, 2.05) is 4.90 Å². The van der Waals surface area contributed by atoms with Crippen molar-refractivity contribution in [1.29, 1.82) is 0 Å². The highest BCUT2D eigenvalue weighted by Gasteiger charge is 2.15. The molecule has 0 atom stereocenters. The number of hydrogen-bond donors (Lipinski definition) is 0. The van der Waals surface area contributed by atoms with Gasteiger partial charge in [0.15, 0.2) is 0 Å². The Kier molecular flexibility index (Phi) is 3.72. The van der Waals surface area contributed by atoms with Crippen molar-refractivity contribution in [1.82, 2.24) is 15.0 Å². The van der Waals surface area contributed by atoms with Gasteiger partial charge < -0.3 is 9.64 Å². The average molecular weight is 248 g/mol. The largest absolute Gasteiger partial charge is 0.378 e. The van der Waals surface area contributed by atoms with Crippen LogP contribution in [0.15, 0.2) is 10.2 Å². The lowest BCUT2D eigenvalue weighted by Gasteiger charge is -2.26. The van der Waals surface area contributed by atoms with Crippen molar-refractivity contribution in [2.75, 3.05) is 31.2 Å². The molecule has 18 heavy (non-hydrogen) atoms. The van der Waals surface area contributed by atoms with Crippen LogP contribution >= 0.6 is 0 Å². The first-order valence-corrected chi connectivity index (χ1v) is 5.02. The topological polar surface area (TPSA) is 149 Å². The van der Waals surface area contributed by atoms with Gasteiger partial charge in [-0.3, -0.25) is 0 Å². The third kappa shape index (κ3) is 2.74. The predicted octanol–water partition coefficient (Wildman–Crippen LogP) is 1.59. The number of azide groups is 2. The minimum Gasteiger partial charge on any atom is -0.378 e. The molecule has 2 heterocycles. The molecule has 0 amide bonds. The number of anilines is 1. The zero-order chi connectivity index (χ0) is 12.8. The second-order valence-corrected chi connectivity index (χ2v) is 3.21. The summed E-state index contributed by atoms with van der Waals surface area (Å²) >= 11 is 0. The first-order valence-electron chi connectivity index (χ1n) is 5.02. The Morgan fingerprint density at radius 1 is 1.00 bits per heavy atom. The quantitative estimate of drug-likeness (QED) is 0.452. The summed E-state index contributed by atoms with van der Waals surface area (Å²) in [6.07, 6.45) is 0. The normalized spacial score (nSPS) is 14.6. The van der Waals surface area contributed by atoms with Crippen LogP contribution in [0.4, 0.5) is 17.8 Å². The summed E-state index contributed by atoms with van der Waals surface area (Å²) in [5, 5.41) is 6.56. The van der Waals surface area contributed by atoms with Gasteiger partial charge >= 0.3 is 0 Å². The maximum Gasteiger partial charge on any atom is 0.229 e. The zero-order valence-electron chi connectivity index (χ0n) is 9.21. The van der Waals surface area contributed by atoms with E-state index in [-0.39, 0.29) is 11.9 Å². The summed E-state index contributed by atoms with van der Waals surface area (Å²) in [7, 11) is 0. The third-order valence-electron chi connectivity index (χ3n) is 2.16. The molecule has 0 spiro atoms. The lowest BCUT2D eigenvalue weighted by Crippen LogP contribution is -2.37. The van der Waals surface area contributed by atoms with Crippen LogP contribution in [0.5, 0.6) is 0 Å². The van der Waals surface area contributed by atoms with Gasteiger partial charge in [-0.1, -0.05) is 0 Å². The molecule has 2 rings (SSSR count). The van der Waals surface area contributed by atoms with E-state index in [4.69, 9.17) is 15.8 Å². The van der Waals surface area contributed by atoms with E-state index in [2.05, 4.69) is 35.0 Å². The van der Waals surface area contributed by atoms with E-state index in [1.165, 1.54) is 0 Å². The fourth-order valence-electron chi connectivity index (χ4n) is 1.42. The second kappa shape index (κ2) is 5.64. The zero-order valence-corrected chi connectivity index (χ0v) is 9.21. The molecule has 0 N–H and O–H groups in total. The van der Waals surface area contributed by atoms with Crippen LogP contribution < -0.4 is 4.90 Å². The van der Waals surface area contributed by atoms with Crippen molar-refractivity contribution >= 4 is 17.8 Å². The van der Waals surface area contributed by atoms with Crippen LogP contribution in [-0.2, 0) is 4.74 Å². The molecule has 1 saturated heterocycles. The van der Waals surface area contributed by atoms with Gasteiger partial charge in [0.1, 0.15) is 0 Å². The molecule has 1 fully saturated rings. The molecular formula is C7H8N10O. The Bertz CT molecular complexity index is 489. The van der Waals surface area contributed by atoms with E-state index >= 15 is 0 Å². The van der Waals surface area contributed by atoms with Crippen molar-refractivity contribution in [3.8, 4) is 0 Å². The Hall–Kier alpha value is -2.61. The molecule has 92 valence electrons. The monoisotopic (exact) mass is 248 g/mol. The van der Waals surface area contributed by atoms with Crippen LogP contribution in [0, 0.1) is 0 Å². The van der Waals surface area contributed by atoms with E-state index in [9.17, 15) is 0 Å². The predicted molar refractivity (Wildman–Crippen MR) is 60.5 cm³/mol. The van der Waals surface area contributed by atoms with Gasteiger partial charge in [0, 0.05) is 22.9 Å². The molecule has 0 bridgehead atoms. The van der Waals surface area contributed by atoms with Gasteiger partial charge in [0.25, 0.3) is 0 Å². The van der Waals surface area contributed by atoms with Crippen LogP contribution in [0.2, 0.25) is 0 Å². The number of aromatic nitrogens is 3. The molecule has 1 aliphatic heterocycles. The molecular weight excluding hydrogens is 240 g/mol. The lowest BCUT2D eigenvalue weighted by atomic mass is 10.4. The highest BCUT2D eigenvalue weighted by Crippen LogP contribution is 2.18. The summed E-state index contributed by atoms with van der Waals surface area (Å²) < 4.78 is 5.20. The molecule has 11 nitrogen and oxygen atoms in total. The van der Waals surface area contributed by atoms with Crippen LogP contribution in [0.1, 0.15) is 0 Å². The van der Waals surface area contributed by atoms with Gasteiger partial charge in [0.05, 0.1) is 13.2 Å². The van der Waals surface area contributed by atoms with E-state index in [0.29, 0.717) is 32.3 Å². The number of nitrogens with zero attached hydrogens (tertiary/aromatic N) is 10. The molecule has 0 radical (unpaired) electrons. The van der Waals surface area contributed by atoms with Gasteiger partial charge in [-0.25, -0.2) is 4.98 Å². The van der Waals surface area contributed by atoms with E-state index < -0.39 is 0 Å². The molecule has 0 aromatic carbocycles. The summed E-state index contributed by atoms with van der Waals surface area (Å²) in [6, 6.07) is 0. The Labute approximate surface area is 101 Å². The molecule has 0 saturated carbocycles. The SMILES string of the molecule is [N-]=[N+]=Nc1nc(N=[N+]=[N-])nc(N2CCOCC2)n1. The number of morpholine rings is 1. The summed E-state index contributed by atoms with van der Waals surface area (Å²) in [5.74, 6) is 0.0471. The molecule has 11 heteroatoms. The molecule has 0 aliphatic carbocycles. The van der Waals surface area contributed by atoms with Crippen LogP contribution in [0.25, 0.3) is 20.9 Å². The van der Waals surface area contributed by atoms with Gasteiger partial charge in [0.2, 0.25) is 17.8 Å². The first-order chi connectivity index (χ1) is 8.83. The van der Waals surface area contributed by atoms with Crippen molar-refractivity contribution in [3.63, 3.8) is 0 Å². The maximum absolute atomic E-state index is 8.36. The molecule has 0 unspecified atom stereocenters. The fraction of sp³-hybridized carbons (Fsp3) is 0.571. The fourth-order valence-corrected chi connectivity index (χ4v) is 1.42. The maximum atomic E-state index is 8.36. The number of hydrogen-bond acceptors (Lipinski definition) is 7. The highest BCUT2D eigenvalue weighted by molar-refractivity contribution is 5.39. The lowest BCUT2D eigenvalue weighted by molar-refractivity contribution is 0.122. The summed E-state index contributed by atoms with van der Waals surface area (Å²) in [4.78, 5) is 18.6. The molecule has 1 aromatic rings. The van der Waals surface area contributed by atoms with Crippen molar-refractivity contribution < 1.29 is 4.74 Å². The van der Waals surface area contributed by atoms with Crippen molar-refractivity contribution in [2.45, 2.75) is 0 Å². The van der Waals surface area contributed by atoms with Crippen LogP contribution in [0.3, 0.4) is 0 Å². The average Bonchev–Trinajstić information content (AvgIpc) is 2.40. The first kappa shape index (κ1) is 11.9. The van der Waals surface area contributed by atoms with E-state index in [0.717, 1.165) is 0 Å². The van der Waals surface area contributed by atoms with Crippen molar-refractivity contribution in [3.05, 3.63) is 20.9 Å². The van der Waals surface area contributed by atoms with Gasteiger partial charge in [-0.2, -0.15) is 9.97 Å². The smallest absolute Gasteiger partial charge is 0.229 e. The van der Waals surface area contributed by atoms with Crippen LogP contribution in [-0.4, -0.2) is 41.3 Å². The molecule has 1 aromatic heterocycles. The highest BCUT2D eigenvalue weighted by atomic mass is 16.5. The Balaban J connectivity index is 2.38.